The summed E-state index contributed by atoms with van der Waals surface area (Å²) >= 11 is 3.57. The molecule has 0 saturated heterocycles. The van der Waals surface area contributed by atoms with Crippen molar-refractivity contribution in [3.63, 3.8) is 0 Å². The molecule has 1 aromatic rings. The highest BCUT2D eigenvalue weighted by molar-refractivity contribution is 9.10. The lowest BCUT2D eigenvalue weighted by Crippen LogP contribution is -2.54. The number of methoxy groups -OCH3 is 1. The van der Waals surface area contributed by atoms with E-state index in [1.165, 1.54) is 37.7 Å². The maximum atomic E-state index is 9.10. The zero-order valence-corrected chi connectivity index (χ0v) is 16.9. The first-order valence-electron chi connectivity index (χ1n) is 9.39. The lowest BCUT2D eigenvalue weighted by molar-refractivity contribution is -0.159. The summed E-state index contributed by atoms with van der Waals surface area (Å²) in [7, 11) is 1.76. The number of carboxylic acids is 2. The van der Waals surface area contributed by atoms with Crippen LogP contribution < -0.4 is 10.1 Å². The molecule has 0 amide bonds. The van der Waals surface area contributed by atoms with Crippen molar-refractivity contribution in [2.24, 2.45) is 23.7 Å². The van der Waals surface area contributed by atoms with Gasteiger partial charge in [0, 0.05) is 22.6 Å². The van der Waals surface area contributed by atoms with Gasteiger partial charge in [0.2, 0.25) is 0 Å². The molecule has 4 bridgehead atoms. The minimum Gasteiger partial charge on any atom is -0.496 e. The minimum absolute atomic E-state index is 0.737. The fraction of sp³-hybridized carbons (Fsp3) is 0.600. The third-order valence-electron chi connectivity index (χ3n) is 6.18. The Morgan fingerprint density at radius 3 is 2.11 bits per heavy atom. The van der Waals surface area contributed by atoms with Gasteiger partial charge in [-0.25, -0.2) is 9.59 Å². The Hall–Kier alpha value is -1.60. The summed E-state index contributed by atoms with van der Waals surface area (Å²) in [5, 5.41) is 18.7. The molecule has 4 aliphatic rings. The number of carbonyl (C=O) groups is 2. The first-order chi connectivity index (χ1) is 12.9. The van der Waals surface area contributed by atoms with E-state index in [1.807, 2.05) is 6.07 Å². The van der Waals surface area contributed by atoms with E-state index in [0.717, 1.165) is 46.5 Å². The Morgan fingerprint density at radius 2 is 1.63 bits per heavy atom. The largest absolute Gasteiger partial charge is 0.496 e. The van der Waals surface area contributed by atoms with Gasteiger partial charge in [-0.15, -0.1) is 0 Å². The normalized spacial score (nSPS) is 30.4. The van der Waals surface area contributed by atoms with Gasteiger partial charge in [0.25, 0.3) is 0 Å². The van der Waals surface area contributed by atoms with Gasteiger partial charge in [0.15, 0.2) is 0 Å². The van der Waals surface area contributed by atoms with E-state index in [2.05, 4.69) is 33.4 Å². The average Bonchev–Trinajstić information content (AvgIpc) is 2.61. The average molecular weight is 440 g/mol. The SMILES string of the molecule is COc1ccc(Br)cc1CNC1C2CC3CC(C2)CC1C3.O=C(O)C(=O)O. The number of nitrogens with one attached hydrogen (secondary N) is 1. The highest BCUT2D eigenvalue weighted by Crippen LogP contribution is 2.53. The molecule has 4 saturated carbocycles. The van der Waals surface area contributed by atoms with Crippen molar-refractivity contribution in [3.8, 4) is 5.75 Å². The molecule has 5 rings (SSSR count). The molecule has 1 aromatic carbocycles. The molecule has 7 heteroatoms. The van der Waals surface area contributed by atoms with E-state index >= 15 is 0 Å². The summed E-state index contributed by atoms with van der Waals surface area (Å²) in [5.41, 5.74) is 1.26. The molecule has 6 nitrogen and oxygen atoms in total. The van der Waals surface area contributed by atoms with Crippen LogP contribution in [0.1, 0.15) is 37.7 Å². The van der Waals surface area contributed by atoms with Gasteiger partial charge < -0.3 is 20.3 Å². The fourth-order valence-corrected chi connectivity index (χ4v) is 5.78. The number of halogens is 1. The minimum atomic E-state index is -1.82. The maximum Gasteiger partial charge on any atom is 0.414 e. The molecule has 0 spiro atoms. The zero-order chi connectivity index (χ0) is 19.6. The smallest absolute Gasteiger partial charge is 0.414 e. The summed E-state index contributed by atoms with van der Waals surface area (Å²) in [6.45, 7) is 0.926. The molecule has 0 aliphatic heterocycles. The van der Waals surface area contributed by atoms with Gasteiger partial charge in [-0.1, -0.05) is 15.9 Å². The summed E-state index contributed by atoms with van der Waals surface area (Å²) in [4.78, 5) is 18.2. The molecule has 148 valence electrons. The number of aliphatic carboxylic acids is 2. The van der Waals surface area contributed by atoms with Gasteiger partial charge in [0.1, 0.15) is 5.75 Å². The van der Waals surface area contributed by atoms with Crippen molar-refractivity contribution >= 4 is 27.9 Å². The number of hydrogen-bond donors (Lipinski definition) is 3. The molecule has 0 radical (unpaired) electrons. The van der Waals surface area contributed by atoms with Crippen LogP contribution in [0.2, 0.25) is 0 Å². The number of rotatable bonds is 4. The van der Waals surface area contributed by atoms with Crippen molar-refractivity contribution in [2.75, 3.05) is 7.11 Å². The van der Waals surface area contributed by atoms with E-state index < -0.39 is 11.9 Å². The number of benzene rings is 1. The Kier molecular flexibility index (Phi) is 6.42. The van der Waals surface area contributed by atoms with Crippen LogP contribution >= 0.6 is 15.9 Å². The van der Waals surface area contributed by atoms with Gasteiger partial charge >= 0.3 is 11.9 Å². The molecule has 4 aliphatic carbocycles. The van der Waals surface area contributed by atoms with Crippen LogP contribution in [0.25, 0.3) is 0 Å². The van der Waals surface area contributed by atoms with Crippen LogP contribution in [0.4, 0.5) is 0 Å². The van der Waals surface area contributed by atoms with Crippen LogP contribution in [0.15, 0.2) is 22.7 Å². The van der Waals surface area contributed by atoms with Gasteiger partial charge in [-0.3, -0.25) is 0 Å². The van der Waals surface area contributed by atoms with Gasteiger partial charge in [0.05, 0.1) is 7.11 Å². The molecule has 3 N–H and O–H groups in total. The van der Waals surface area contributed by atoms with Crippen molar-refractivity contribution in [1.82, 2.24) is 5.32 Å². The van der Waals surface area contributed by atoms with Crippen LogP contribution in [-0.2, 0) is 16.1 Å². The van der Waals surface area contributed by atoms with Gasteiger partial charge in [-0.05, 0) is 74.0 Å². The lowest BCUT2D eigenvalue weighted by atomic mass is 9.54. The second-order valence-corrected chi connectivity index (χ2v) is 8.82. The molecule has 4 fully saturated rings. The Balaban J connectivity index is 0.000000307. The fourth-order valence-electron chi connectivity index (χ4n) is 5.37. The van der Waals surface area contributed by atoms with Crippen LogP contribution in [0, 0.1) is 23.7 Å². The molecular formula is C20H26BrNO5. The predicted octanol–water partition coefficient (Wildman–Crippen LogP) is 3.53. The second-order valence-electron chi connectivity index (χ2n) is 7.90. The summed E-state index contributed by atoms with van der Waals surface area (Å²) in [6, 6.07) is 7.02. The molecule has 0 aromatic heterocycles. The van der Waals surface area contributed by atoms with Crippen molar-refractivity contribution in [3.05, 3.63) is 28.2 Å². The van der Waals surface area contributed by atoms with E-state index in [0.29, 0.717) is 0 Å². The number of carboxylic acid groups (broad SMARTS) is 2. The van der Waals surface area contributed by atoms with E-state index in [4.69, 9.17) is 24.5 Å². The molecular weight excluding hydrogens is 414 g/mol. The summed E-state index contributed by atoms with van der Waals surface area (Å²) < 4.78 is 6.63. The predicted molar refractivity (Wildman–Crippen MR) is 104 cm³/mol. The highest BCUT2D eigenvalue weighted by atomic mass is 79.9. The van der Waals surface area contributed by atoms with Crippen LogP contribution in [-0.4, -0.2) is 35.3 Å². The zero-order valence-electron chi connectivity index (χ0n) is 15.4. The quantitative estimate of drug-likeness (QED) is 0.620. The van der Waals surface area contributed by atoms with E-state index in [-0.39, 0.29) is 0 Å². The number of hydrogen-bond acceptors (Lipinski definition) is 4. The van der Waals surface area contributed by atoms with Crippen molar-refractivity contribution in [1.29, 1.82) is 0 Å². The third kappa shape index (κ3) is 4.82. The summed E-state index contributed by atoms with van der Waals surface area (Å²) in [6.07, 6.45) is 7.42. The first kappa shape index (κ1) is 20.1. The van der Waals surface area contributed by atoms with E-state index in [9.17, 15) is 0 Å². The van der Waals surface area contributed by atoms with Crippen LogP contribution in [0.3, 0.4) is 0 Å². The van der Waals surface area contributed by atoms with Crippen molar-refractivity contribution in [2.45, 2.75) is 44.7 Å². The van der Waals surface area contributed by atoms with Crippen molar-refractivity contribution < 1.29 is 24.5 Å². The standard InChI is InChI=1S/C18H24BrNO.C2H2O4/c1-21-17-3-2-16(19)9-15(17)10-20-18-13-5-11-4-12(7-13)8-14(18)6-11;3-1(4)2(5)6/h2-3,9,11-14,18,20H,4-8,10H2,1H3;(H,3,4)(H,5,6). The van der Waals surface area contributed by atoms with E-state index in [1.54, 1.807) is 7.11 Å². The van der Waals surface area contributed by atoms with Crippen LogP contribution in [0.5, 0.6) is 5.75 Å². The van der Waals surface area contributed by atoms with Gasteiger partial charge in [-0.2, -0.15) is 0 Å². The first-order valence-corrected chi connectivity index (χ1v) is 10.2. The molecule has 27 heavy (non-hydrogen) atoms. The third-order valence-corrected chi connectivity index (χ3v) is 6.67. The highest BCUT2D eigenvalue weighted by Gasteiger charge is 2.47. The topological polar surface area (TPSA) is 95.9 Å². The monoisotopic (exact) mass is 439 g/mol. The Bertz CT molecular complexity index is 668. The number of ether oxygens (including phenoxy) is 1. The molecule has 0 heterocycles. The maximum absolute atomic E-state index is 9.10. The molecule has 0 atom stereocenters. The summed E-state index contributed by atoms with van der Waals surface area (Å²) in [5.74, 6) is 1.30. The Labute approximate surface area is 167 Å². The Morgan fingerprint density at radius 1 is 1.07 bits per heavy atom. The molecule has 0 unspecified atom stereocenters. The second kappa shape index (κ2) is 8.61. The lowest BCUT2D eigenvalue weighted by Gasteiger charge is -2.54.